The van der Waals surface area contributed by atoms with Crippen molar-refractivity contribution in [3.63, 3.8) is 0 Å². The first-order chi connectivity index (χ1) is 61.5. The maximum Gasteiger partial charge on any atom is 0.332 e. The molecule has 0 saturated carbocycles. The van der Waals surface area contributed by atoms with Crippen LogP contribution in [0.2, 0.25) is 0 Å². The number of hydrogen-bond acceptors (Lipinski definition) is 33. The highest BCUT2D eigenvalue weighted by Gasteiger charge is 2.38. The Morgan fingerprint density at radius 2 is 0.408 bits per heavy atom. The van der Waals surface area contributed by atoms with E-state index in [2.05, 4.69) is 0 Å². The van der Waals surface area contributed by atoms with Gasteiger partial charge in [0.15, 0.2) is 0 Å². The van der Waals surface area contributed by atoms with Crippen molar-refractivity contribution in [3.8, 4) is 46.0 Å². The van der Waals surface area contributed by atoms with Crippen LogP contribution in [-0.2, 0) is 170 Å². The second-order valence-electron chi connectivity index (χ2n) is 28.4. The van der Waals surface area contributed by atoms with Gasteiger partial charge in [0.1, 0.15) is 59.2 Å². The lowest BCUT2D eigenvalue weighted by atomic mass is 10.1. The van der Waals surface area contributed by atoms with Gasteiger partial charge in [0.2, 0.25) is 0 Å². The SMILES string of the molecule is CC(=O)Oc1ccc(COC(=O)C(CCC(=O)O)CP(=O)(OCc2ccc(OC(C)=O)cc2)OCc2ccc(OC(C)=O)cc2)cc1.CC(=O)Oc1ccc(COC(=O)CCC(CP(=O)(OCc2ccc(OC(C)=O)cc2)OCc2ccc(OC(C)=O)cc2)C(=O)O)cc1.CC(=O)Oc1ccc(COP(=O)(CC(CCC(=O)O)C(=O)O)OCc2ccc(OC(C)=O)cc2)cc1. The summed E-state index contributed by atoms with van der Waals surface area (Å²) in [4.78, 5) is 161. The van der Waals surface area contributed by atoms with Gasteiger partial charge in [-0.05, 0) is 161 Å². The molecule has 0 bridgehead atoms. The summed E-state index contributed by atoms with van der Waals surface area (Å²) >= 11 is 0. The monoisotopic (exact) mass is 1860 g/mol. The molecule has 0 aliphatic carbocycles. The molecule has 37 nitrogen and oxygen atoms in total. The Morgan fingerprint density at radius 3 is 0.592 bits per heavy atom. The third-order valence-electron chi connectivity index (χ3n) is 17.3. The van der Waals surface area contributed by atoms with E-state index in [4.69, 9.17) is 79.6 Å². The molecule has 0 fully saturated rings. The van der Waals surface area contributed by atoms with Crippen LogP contribution in [0.1, 0.15) is 138 Å². The zero-order chi connectivity index (χ0) is 95.5. The topological polar surface area (TPSA) is 519 Å². The molecule has 0 aliphatic rings. The van der Waals surface area contributed by atoms with E-state index in [0.717, 1.165) is 0 Å². The van der Waals surface area contributed by atoms with Crippen LogP contribution < -0.4 is 37.9 Å². The molecule has 8 aromatic rings. The van der Waals surface area contributed by atoms with E-state index in [1.54, 1.807) is 109 Å². The number of hydrogen-bond donors (Lipinski definition) is 4. The van der Waals surface area contributed by atoms with Crippen LogP contribution in [0.25, 0.3) is 0 Å². The maximum absolute atomic E-state index is 14.2. The summed E-state index contributed by atoms with van der Waals surface area (Å²) in [6.45, 7) is 8.60. The van der Waals surface area contributed by atoms with E-state index in [-0.39, 0.29) is 78.5 Å². The van der Waals surface area contributed by atoms with Crippen LogP contribution in [0.4, 0.5) is 0 Å². The van der Waals surface area contributed by atoms with Crippen LogP contribution in [0.15, 0.2) is 194 Å². The van der Waals surface area contributed by atoms with Gasteiger partial charge in [0.05, 0.1) is 75.9 Å². The Kier molecular flexibility index (Phi) is 43.5. The quantitative estimate of drug-likeness (QED) is 0.0156. The molecule has 0 aliphatic heterocycles. The van der Waals surface area contributed by atoms with Gasteiger partial charge in [-0.15, -0.1) is 0 Å². The number of carbonyl (C=O) groups excluding carboxylic acids is 10. The van der Waals surface area contributed by atoms with Crippen molar-refractivity contribution in [2.24, 2.45) is 17.8 Å². The summed E-state index contributed by atoms with van der Waals surface area (Å²) in [5.41, 5.74) is 4.50. The van der Waals surface area contributed by atoms with Crippen molar-refractivity contribution in [1.29, 1.82) is 0 Å². The van der Waals surface area contributed by atoms with E-state index >= 15 is 0 Å². The first kappa shape index (κ1) is 106. The highest BCUT2D eigenvalue weighted by atomic mass is 31.2. The molecule has 0 heterocycles. The van der Waals surface area contributed by atoms with Crippen molar-refractivity contribution in [2.75, 3.05) is 18.5 Å². The zero-order valence-corrected chi connectivity index (χ0v) is 74.5. The van der Waals surface area contributed by atoms with Crippen LogP contribution >= 0.6 is 22.8 Å². The molecule has 0 aromatic heterocycles. The van der Waals surface area contributed by atoms with Crippen molar-refractivity contribution in [3.05, 3.63) is 239 Å². The summed E-state index contributed by atoms with van der Waals surface area (Å²) in [6, 6.07) is 49.9. The minimum atomic E-state index is -4.12. The summed E-state index contributed by atoms with van der Waals surface area (Å²) in [6.07, 6.45) is -3.33. The first-order valence-corrected chi connectivity index (χ1v) is 44.8. The summed E-state index contributed by atoms with van der Waals surface area (Å²) in [7, 11) is -12.3. The number of rotatable bonds is 48. The molecular formula is C90H97O37P3. The van der Waals surface area contributed by atoms with E-state index in [1.807, 2.05) is 0 Å². The van der Waals surface area contributed by atoms with Gasteiger partial charge >= 0.3 is 106 Å². The van der Waals surface area contributed by atoms with Gasteiger partial charge in [0, 0.05) is 74.7 Å². The molecular weight excluding hydrogens is 1770 g/mol. The summed E-state index contributed by atoms with van der Waals surface area (Å²) in [5, 5.41) is 37.7. The number of aliphatic carboxylic acids is 4. The highest BCUT2D eigenvalue weighted by Crippen LogP contribution is 2.55. The maximum atomic E-state index is 14.2. The lowest BCUT2D eigenvalue weighted by Crippen LogP contribution is -2.23. The molecule has 3 atom stereocenters. The average Bonchev–Trinajstić information content (AvgIpc) is 0.861. The van der Waals surface area contributed by atoms with Crippen molar-refractivity contribution in [1.82, 2.24) is 0 Å². The lowest BCUT2D eigenvalue weighted by molar-refractivity contribution is -0.150. The van der Waals surface area contributed by atoms with E-state index in [9.17, 15) is 96.1 Å². The standard InChI is InChI=1S/2C33H35O13P.C24H27O11P/c1-22(34)44-29-11-4-25(5-12-29)18-41-32(37)17-10-28(33(38)39)21-47(40,42-19-26-6-13-30(14-7-26)45-23(2)35)43-20-27-8-15-31(16-9-27)46-24(3)36;1-22(34)44-29-11-4-25(5-12-29)18-41-33(39)28(10-17-32(37)38)21-47(40,42-19-26-6-13-30(14-7-26)45-23(2)35)43-20-27-8-15-31(16-9-27)46-24(3)36;1-16(25)34-21-8-3-18(4-9-21)13-32-36(31,15-20(24(29)30)7-12-23(27)28)33-14-19-5-10-22(11-6-19)35-17(2)26/h4-9,11-16,28H,10,17-21H2,1-3H3,(H,38,39);4-9,11-16,28H,10,17-21H2,1-3H3,(H,37,38);3-6,8-11,20H,7,12-15H2,1-2H3,(H,27,28)(H,29,30). The minimum absolute atomic E-state index is 0.0892. The molecule has 0 amide bonds. The molecule has 130 heavy (non-hydrogen) atoms. The molecule has 0 radical (unpaired) electrons. The van der Waals surface area contributed by atoms with Gasteiger partial charge in [-0.1, -0.05) is 97.1 Å². The second kappa shape index (κ2) is 53.6. The molecule has 0 saturated heterocycles. The molecule has 8 rings (SSSR count). The minimum Gasteiger partial charge on any atom is -0.481 e. The van der Waals surface area contributed by atoms with Crippen LogP contribution in [0, 0.1) is 17.8 Å². The Morgan fingerprint density at radius 1 is 0.238 bits per heavy atom. The molecule has 40 heteroatoms. The lowest BCUT2D eigenvalue weighted by Gasteiger charge is -2.23. The predicted molar refractivity (Wildman–Crippen MR) is 456 cm³/mol. The highest BCUT2D eigenvalue weighted by molar-refractivity contribution is 7.54. The van der Waals surface area contributed by atoms with E-state index < -0.39 is 155 Å². The largest absolute Gasteiger partial charge is 0.481 e. The Hall–Kier alpha value is -13.2. The van der Waals surface area contributed by atoms with Crippen LogP contribution in [0.5, 0.6) is 46.0 Å². The molecule has 3 unspecified atom stereocenters. The molecule has 4 N–H and O–H groups in total. The van der Waals surface area contributed by atoms with E-state index in [0.29, 0.717) is 90.5 Å². The van der Waals surface area contributed by atoms with Crippen molar-refractivity contribution >= 4 is 106 Å². The van der Waals surface area contributed by atoms with Crippen LogP contribution in [0.3, 0.4) is 0 Å². The Bertz CT molecular complexity index is 5110. The number of carboxylic acid groups (broad SMARTS) is 4. The fraction of sp³-hybridized carbons (Fsp3) is 0.311. The van der Waals surface area contributed by atoms with Gasteiger partial charge in [-0.25, -0.2) is 0 Å². The fourth-order valence-electron chi connectivity index (χ4n) is 11.1. The Balaban J connectivity index is 0.000000304. The number of benzene rings is 8. The Labute approximate surface area is 746 Å². The van der Waals surface area contributed by atoms with Crippen molar-refractivity contribution in [2.45, 2.75) is 147 Å². The second-order valence-corrected chi connectivity index (χ2v) is 34.7. The van der Waals surface area contributed by atoms with Gasteiger partial charge in [0.25, 0.3) is 0 Å². The van der Waals surface area contributed by atoms with Crippen molar-refractivity contribution < 1.29 is 176 Å². The molecule has 0 spiro atoms. The van der Waals surface area contributed by atoms with Gasteiger partial charge < -0.3 is 94.9 Å². The zero-order valence-electron chi connectivity index (χ0n) is 71.8. The summed E-state index contributed by atoms with van der Waals surface area (Å²) in [5.74, 6) is -11.6. The summed E-state index contributed by atoms with van der Waals surface area (Å²) < 4.78 is 126. The molecule has 8 aromatic carbocycles. The first-order valence-electron chi connectivity index (χ1n) is 39.6. The third-order valence-corrected chi connectivity index (χ3v) is 23.1. The van der Waals surface area contributed by atoms with Gasteiger partial charge in [-0.3, -0.25) is 80.8 Å². The predicted octanol–water partition coefficient (Wildman–Crippen LogP) is 15.3. The van der Waals surface area contributed by atoms with E-state index in [1.165, 1.54) is 140 Å². The van der Waals surface area contributed by atoms with Gasteiger partial charge in [-0.2, -0.15) is 0 Å². The number of carbonyl (C=O) groups is 14. The number of esters is 10. The fourth-order valence-corrected chi connectivity index (χ4v) is 16.7. The third kappa shape index (κ3) is 42.6. The number of ether oxygens (including phenoxy) is 10. The molecule has 694 valence electrons. The normalized spacial score (nSPS) is 11.7. The smallest absolute Gasteiger partial charge is 0.332 e. The van der Waals surface area contributed by atoms with Crippen LogP contribution in [-0.4, -0.2) is 122 Å². The average molecular weight is 1860 g/mol. The number of carboxylic acids is 4.